The highest BCUT2D eigenvalue weighted by Crippen LogP contribution is 2.33. The topological polar surface area (TPSA) is 90.7 Å². The lowest BCUT2D eigenvalue weighted by atomic mass is 10.1. The SMILES string of the molecule is O=C(Cc1ccccc1Nc1c(Cl)cccc1Cl)Oc1ccc(CO[N+](=O)[O-])cc1. The highest BCUT2D eigenvalue weighted by molar-refractivity contribution is 6.39. The Bertz CT molecular complexity index is 1040. The molecule has 1 N–H and O–H groups in total. The number of carbonyl (C=O) groups excluding carboxylic acids is 1. The highest BCUT2D eigenvalue weighted by atomic mass is 35.5. The third kappa shape index (κ3) is 5.85. The van der Waals surface area contributed by atoms with Crippen molar-refractivity contribution < 1.29 is 19.5 Å². The van der Waals surface area contributed by atoms with E-state index in [1.807, 2.05) is 18.2 Å². The highest BCUT2D eigenvalue weighted by Gasteiger charge is 2.13. The van der Waals surface area contributed by atoms with E-state index in [1.54, 1.807) is 48.5 Å². The molecule has 3 aromatic carbocycles. The molecule has 0 radical (unpaired) electrons. The second-order valence-electron chi connectivity index (χ2n) is 6.17. The molecule has 0 spiro atoms. The number of rotatable bonds is 8. The zero-order chi connectivity index (χ0) is 21.5. The van der Waals surface area contributed by atoms with Gasteiger partial charge in [-0.15, -0.1) is 10.1 Å². The van der Waals surface area contributed by atoms with Gasteiger partial charge in [0, 0.05) is 5.69 Å². The predicted octanol–water partition coefficient (Wildman–Crippen LogP) is 5.59. The monoisotopic (exact) mass is 446 g/mol. The maximum atomic E-state index is 12.4. The smallest absolute Gasteiger partial charge is 0.315 e. The first-order valence-corrected chi connectivity index (χ1v) is 9.54. The number of halogens is 2. The largest absolute Gasteiger partial charge is 0.426 e. The zero-order valence-electron chi connectivity index (χ0n) is 15.5. The minimum Gasteiger partial charge on any atom is -0.426 e. The van der Waals surface area contributed by atoms with Gasteiger partial charge in [0.1, 0.15) is 12.4 Å². The van der Waals surface area contributed by atoms with E-state index in [1.165, 1.54) is 0 Å². The minimum atomic E-state index is -0.866. The van der Waals surface area contributed by atoms with Crippen molar-refractivity contribution in [1.82, 2.24) is 0 Å². The first kappa shape index (κ1) is 21.4. The summed E-state index contributed by atoms with van der Waals surface area (Å²) in [4.78, 5) is 26.9. The summed E-state index contributed by atoms with van der Waals surface area (Å²) in [6.45, 7) is -0.176. The Kier molecular flexibility index (Phi) is 7.11. The van der Waals surface area contributed by atoms with Crippen LogP contribution in [0.5, 0.6) is 5.75 Å². The molecule has 3 aromatic rings. The Balaban J connectivity index is 1.67. The fourth-order valence-corrected chi connectivity index (χ4v) is 3.14. The Labute approximate surface area is 182 Å². The van der Waals surface area contributed by atoms with Crippen LogP contribution in [0.15, 0.2) is 66.7 Å². The van der Waals surface area contributed by atoms with E-state index in [0.29, 0.717) is 38.3 Å². The molecule has 0 atom stereocenters. The van der Waals surface area contributed by atoms with Gasteiger partial charge in [0.15, 0.2) is 0 Å². The number of para-hydroxylation sites is 2. The van der Waals surface area contributed by atoms with E-state index in [0.717, 1.165) is 0 Å². The summed E-state index contributed by atoms with van der Waals surface area (Å²) in [6, 6.07) is 18.7. The summed E-state index contributed by atoms with van der Waals surface area (Å²) in [7, 11) is 0. The Morgan fingerprint density at radius 1 is 0.967 bits per heavy atom. The average Bonchev–Trinajstić information content (AvgIpc) is 2.71. The molecule has 0 aliphatic heterocycles. The van der Waals surface area contributed by atoms with Crippen LogP contribution in [-0.2, 0) is 22.7 Å². The average molecular weight is 447 g/mol. The van der Waals surface area contributed by atoms with E-state index < -0.39 is 11.1 Å². The van der Waals surface area contributed by atoms with Gasteiger partial charge in [0.05, 0.1) is 22.2 Å². The third-order valence-electron chi connectivity index (χ3n) is 4.07. The molecule has 9 heteroatoms. The van der Waals surface area contributed by atoms with Crippen molar-refractivity contribution in [2.75, 3.05) is 5.32 Å². The second-order valence-corrected chi connectivity index (χ2v) is 6.99. The van der Waals surface area contributed by atoms with Gasteiger partial charge >= 0.3 is 5.97 Å². The molecule has 0 amide bonds. The molecule has 3 rings (SSSR count). The Morgan fingerprint density at radius 3 is 2.30 bits per heavy atom. The molecule has 0 saturated heterocycles. The van der Waals surface area contributed by atoms with Gasteiger partial charge in [-0.2, -0.15) is 0 Å². The van der Waals surface area contributed by atoms with Crippen molar-refractivity contribution in [3.05, 3.63) is 98.0 Å². The van der Waals surface area contributed by atoms with Crippen molar-refractivity contribution in [2.24, 2.45) is 0 Å². The summed E-state index contributed by atoms with van der Waals surface area (Å²) in [5, 5.41) is 13.5. The lowest BCUT2D eigenvalue weighted by molar-refractivity contribution is -0.763. The van der Waals surface area contributed by atoms with Crippen molar-refractivity contribution >= 4 is 40.5 Å². The van der Waals surface area contributed by atoms with Crippen LogP contribution in [0.2, 0.25) is 10.0 Å². The third-order valence-corrected chi connectivity index (χ3v) is 4.70. The van der Waals surface area contributed by atoms with Gasteiger partial charge in [0.2, 0.25) is 0 Å². The van der Waals surface area contributed by atoms with Crippen molar-refractivity contribution in [1.29, 1.82) is 0 Å². The van der Waals surface area contributed by atoms with Gasteiger partial charge < -0.3 is 14.9 Å². The molecule has 7 nitrogen and oxygen atoms in total. The number of esters is 1. The van der Waals surface area contributed by atoms with E-state index in [-0.39, 0.29) is 13.0 Å². The van der Waals surface area contributed by atoms with Crippen LogP contribution >= 0.6 is 23.2 Å². The molecule has 0 saturated carbocycles. The van der Waals surface area contributed by atoms with Crippen LogP contribution in [0.4, 0.5) is 11.4 Å². The maximum Gasteiger partial charge on any atom is 0.315 e. The maximum absolute atomic E-state index is 12.4. The lowest BCUT2D eigenvalue weighted by Crippen LogP contribution is -2.12. The first-order valence-electron chi connectivity index (χ1n) is 8.78. The van der Waals surface area contributed by atoms with Crippen molar-refractivity contribution in [3.63, 3.8) is 0 Å². The Hall–Kier alpha value is -3.29. The number of benzene rings is 3. The number of nitrogens with zero attached hydrogens (tertiary/aromatic N) is 1. The quantitative estimate of drug-likeness (QED) is 0.209. The van der Waals surface area contributed by atoms with Crippen LogP contribution in [0, 0.1) is 10.1 Å². The van der Waals surface area contributed by atoms with Crippen LogP contribution in [-0.4, -0.2) is 11.1 Å². The number of anilines is 2. The lowest BCUT2D eigenvalue weighted by Gasteiger charge is -2.14. The fraction of sp³-hybridized carbons (Fsp3) is 0.0952. The summed E-state index contributed by atoms with van der Waals surface area (Å²) in [5.41, 5.74) is 2.51. The Morgan fingerprint density at radius 2 is 1.63 bits per heavy atom. The summed E-state index contributed by atoms with van der Waals surface area (Å²) < 4.78 is 5.36. The molecule has 0 aliphatic carbocycles. The minimum absolute atomic E-state index is 0.0113. The van der Waals surface area contributed by atoms with Crippen LogP contribution in [0.1, 0.15) is 11.1 Å². The summed E-state index contributed by atoms with van der Waals surface area (Å²) >= 11 is 12.4. The van der Waals surface area contributed by atoms with E-state index in [4.69, 9.17) is 27.9 Å². The molecule has 0 heterocycles. The van der Waals surface area contributed by atoms with Gasteiger partial charge in [-0.3, -0.25) is 4.79 Å². The standard InChI is InChI=1S/C21H16Cl2N2O5/c22-17-5-3-6-18(23)21(17)24-19-7-2-1-4-15(19)12-20(26)30-16-10-8-14(9-11-16)13-29-25(27)28/h1-11,24H,12-13H2. The number of carbonyl (C=O) groups is 1. The van der Waals surface area contributed by atoms with E-state index in [2.05, 4.69) is 10.2 Å². The molecule has 0 unspecified atom stereocenters. The number of hydrogen-bond acceptors (Lipinski definition) is 6. The second kappa shape index (κ2) is 9.96. The van der Waals surface area contributed by atoms with Gasteiger partial charge in [-0.05, 0) is 41.5 Å². The first-order chi connectivity index (χ1) is 14.4. The molecular weight excluding hydrogens is 431 g/mol. The number of ether oxygens (including phenoxy) is 1. The number of nitrogens with one attached hydrogen (secondary N) is 1. The van der Waals surface area contributed by atoms with Crippen molar-refractivity contribution in [2.45, 2.75) is 13.0 Å². The molecule has 154 valence electrons. The molecular formula is C21H16Cl2N2O5. The molecule has 0 bridgehead atoms. The van der Waals surface area contributed by atoms with Gasteiger partial charge in [-0.1, -0.05) is 59.6 Å². The predicted molar refractivity (Wildman–Crippen MR) is 114 cm³/mol. The summed E-state index contributed by atoms with van der Waals surface area (Å²) in [5.74, 6) is -0.145. The zero-order valence-corrected chi connectivity index (χ0v) is 17.0. The number of hydrogen-bond donors (Lipinski definition) is 1. The van der Waals surface area contributed by atoms with E-state index >= 15 is 0 Å². The molecule has 0 fully saturated rings. The van der Waals surface area contributed by atoms with Crippen molar-refractivity contribution in [3.8, 4) is 5.75 Å². The van der Waals surface area contributed by atoms with E-state index in [9.17, 15) is 14.9 Å². The fourth-order valence-electron chi connectivity index (χ4n) is 2.65. The van der Waals surface area contributed by atoms with Gasteiger partial charge in [-0.25, -0.2) is 0 Å². The normalized spacial score (nSPS) is 10.3. The van der Waals surface area contributed by atoms with Crippen LogP contribution in [0.25, 0.3) is 0 Å². The van der Waals surface area contributed by atoms with Gasteiger partial charge in [0.25, 0.3) is 5.09 Å². The van der Waals surface area contributed by atoms with Crippen LogP contribution < -0.4 is 10.1 Å². The molecule has 0 aromatic heterocycles. The molecule has 30 heavy (non-hydrogen) atoms. The summed E-state index contributed by atoms with van der Waals surface area (Å²) in [6.07, 6.45) is 0.0113. The molecule has 0 aliphatic rings. The van der Waals surface area contributed by atoms with Crippen LogP contribution in [0.3, 0.4) is 0 Å².